The minimum absolute atomic E-state index is 0.173. The van der Waals surface area contributed by atoms with Crippen LogP contribution < -0.4 is 0 Å². The van der Waals surface area contributed by atoms with Crippen molar-refractivity contribution in [1.82, 2.24) is 9.80 Å². The molecule has 0 bridgehead atoms. The van der Waals surface area contributed by atoms with E-state index >= 15 is 0 Å². The number of benzene rings is 1. The van der Waals surface area contributed by atoms with Gasteiger partial charge in [0.05, 0.1) is 12.1 Å². The summed E-state index contributed by atoms with van der Waals surface area (Å²) in [6.07, 6.45) is -3.99. The number of hydrogen-bond donors (Lipinski definition) is 1. The number of halogens is 4. The summed E-state index contributed by atoms with van der Waals surface area (Å²) < 4.78 is 52.6. The van der Waals surface area contributed by atoms with Crippen molar-refractivity contribution in [1.29, 1.82) is 0 Å². The Morgan fingerprint density at radius 1 is 1.30 bits per heavy atom. The third-order valence-corrected chi connectivity index (χ3v) is 3.99. The van der Waals surface area contributed by atoms with Gasteiger partial charge in [-0.1, -0.05) is 6.92 Å². The smallest absolute Gasteiger partial charge is 0.416 e. The average molecular weight is 392 g/mol. The highest BCUT2D eigenvalue weighted by atomic mass is 19.4. The van der Waals surface area contributed by atoms with E-state index in [4.69, 9.17) is 9.90 Å². The Kier molecular flexibility index (Phi) is 7.74. The molecule has 1 atom stereocenters. The van der Waals surface area contributed by atoms with E-state index in [1.54, 1.807) is 0 Å². The van der Waals surface area contributed by atoms with Gasteiger partial charge < -0.3 is 14.9 Å². The maximum atomic E-state index is 13.4. The summed E-state index contributed by atoms with van der Waals surface area (Å²) in [7, 11) is 0. The van der Waals surface area contributed by atoms with Crippen LogP contribution in [0.25, 0.3) is 0 Å². The molecule has 0 radical (unpaired) electrons. The molecule has 1 saturated heterocycles. The van der Waals surface area contributed by atoms with E-state index in [2.05, 4.69) is 0 Å². The Morgan fingerprint density at radius 2 is 1.89 bits per heavy atom. The number of amides is 2. The molecular formula is C17H20F4N2O4. The van der Waals surface area contributed by atoms with Crippen molar-refractivity contribution >= 4 is 18.3 Å². The number of carbonyl (C=O) groups excluding carboxylic acids is 2. The van der Waals surface area contributed by atoms with Gasteiger partial charge in [-0.05, 0) is 37.1 Å². The number of carboxylic acid groups (broad SMARTS) is 1. The summed E-state index contributed by atoms with van der Waals surface area (Å²) in [5.74, 6) is -1.59. The lowest BCUT2D eigenvalue weighted by atomic mass is 10.0. The highest BCUT2D eigenvalue weighted by molar-refractivity contribution is 5.94. The Morgan fingerprint density at radius 3 is 2.41 bits per heavy atom. The van der Waals surface area contributed by atoms with E-state index in [0.717, 1.165) is 17.0 Å². The van der Waals surface area contributed by atoms with E-state index in [0.29, 0.717) is 19.0 Å². The first-order valence-electron chi connectivity index (χ1n) is 8.08. The minimum Gasteiger partial charge on any atom is -0.483 e. The van der Waals surface area contributed by atoms with E-state index in [9.17, 15) is 27.2 Å². The highest BCUT2D eigenvalue weighted by Crippen LogP contribution is 2.33. The summed E-state index contributed by atoms with van der Waals surface area (Å²) in [5.41, 5.74) is -1.37. The molecule has 1 fully saturated rings. The fraction of sp³-hybridized carbons (Fsp3) is 0.471. The summed E-state index contributed by atoms with van der Waals surface area (Å²) in [6, 6.07) is 1.24. The van der Waals surface area contributed by atoms with E-state index in [1.165, 1.54) is 11.8 Å². The van der Waals surface area contributed by atoms with Crippen LogP contribution in [0.4, 0.5) is 17.6 Å². The third kappa shape index (κ3) is 5.66. The Bertz CT molecular complexity index is 694. The van der Waals surface area contributed by atoms with Gasteiger partial charge in [-0.25, -0.2) is 4.39 Å². The van der Waals surface area contributed by atoms with Gasteiger partial charge in [-0.2, -0.15) is 13.2 Å². The molecule has 0 aromatic heterocycles. The van der Waals surface area contributed by atoms with Crippen LogP contribution in [0.2, 0.25) is 0 Å². The topological polar surface area (TPSA) is 77.9 Å². The van der Waals surface area contributed by atoms with Crippen LogP contribution in [0.3, 0.4) is 0 Å². The van der Waals surface area contributed by atoms with Crippen LogP contribution in [-0.2, 0) is 27.1 Å². The maximum absolute atomic E-state index is 13.4. The highest BCUT2D eigenvalue weighted by Gasteiger charge is 2.38. The molecule has 1 aliphatic rings. The summed E-state index contributed by atoms with van der Waals surface area (Å²) >= 11 is 0. The van der Waals surface area contributed by atoms with Crippen LogP contribution in [-0.4, -0.2) is 52.3 Å². The predicted molar refractivity (Wildman–Crippen MR) is 87.0 cm³/mol. The SMILES string of the molecule is CCCN1CC(=O)N(Cc2cc(F)ccc2C(F)(F)F)[C@H](C)C1=O.O=CO. The molecule has 10 heteroatoms. The maximum Gasteiger partial charge on any atom is 0.416 e. The number of alkyl halides is 3. The molecule has 1 N–H and O–H groups in total. The standard InChI is InChI=1S/C16H18F4N2O2.CH2O2/c1-3-6-21-9-14(23)22(10(2)15(21)24)8-11-7-12(17)4-5-13(11)16(18,19)20;2-1-3/h4-5,7,10H,3,6,8-9H2,1-2H3;1H,(H,2,3)/t10-;/m1./s1. The first-order valence-corrected chi connectivity index (χ1v) is 8.08. The van der Waals surface area contributed by atoms with Gasteiger partial charge in [-0.15, -0.1) is 0 Å². The van der Waals surface area contributed by atoms with Gasteiger partial charge in [0.1, 0.15) is 11.9 Å². The monoisotopic (exact) mass is 392 g/mol. The van der Waals surface area contributed by atoms with Crippen molar-refractivity contribution in [2.45, 2.75) is 39.0 Å². The van der Waals surface area contributed by atoms with Crippen LogP contribution >= 0.6 is 0 Å². The number of nitrogens with zero attached hydrogens (tertiary/aromatic N) is 2. The Balaban J connectivity index is 0.00000114. The zero-order valence-corrected chi connectivity index (χ0v) is 14.8. The molecule has 2 rings (SSSR count). The Hall–Kier alpha value is -2.65. The molecule has 1 aromatic carbocycles. The molecule has 0 unspecified atom stereocenters. The van der Waals surface area contributed by atoms with Crippen molar-refractivity contribution in [3.05, 3.63) is 35.1 Å². The normalized spacial score (nSPS) is 17.5. The molecule has 1 aromatic rings. The molecule has 6 nitrogen and oxygen atoms in total. The number of piperazine rings is 1. The lowest BCUT2D eigenvalue weighted by molar-refractivity contribution is -0.156. The fourth-order valence-electron chi connectivity index (χ4n) is 2.78. The quantitative estimate of drug-likeness (QED) is 0.631. The van der Waals surface area contributed by atoms with E-state index < -0.39 is 36.1 Å². The van der Waals surface area contributed by atoms with Gasteiger partial charge in [-0.3, -0.25) is 14.4 Å². The third-order valence-electron chi connectivity index (χ3n) is 3.99. The van der Waals surface area contributed by atoms with E-state index in [-0.39, 0.29) is 24.5 Å². The zero-order chi connectivity index (χ0) is 20.8. The van der Waals surface area contributed by atoms with Crippen molar-refractivity contribution in [2.24, 2.45) is 0 Å². The summed E-state index contributed by atoms with van der Waals surface area (Å²) in [5, 5.41) is 6.89. The van der Waals surface area contributed by atoms with Crippen molar-refractivity contribution < 1.29 is 37.1 Å². The van der Waals surface area contributed by atoms with Crippen LogP contribution in [0.1, 0.15) is 31.4 Å². The molecule has 0 saturated carbocycles. The van der Waals surface area contributed by atoms with Gasteiger partial charge in [0.15, 0.2) is 0 Å². The van der Waals surface area contributed by atoms with Crippen LogP contribution in [0.5, 0.6) is 0 Å². The molecule has 1 aliphatic heterocycles. The first kappa shape index (κ1) is 22.4. The first-order chi connectivity index (χ1) is 12.6. The van der Waals surface area contributed by atoms with Gasteiger partial charge in [0.25, 0.3) is 6.47 Å². The number of carbonyl (C=O) groups is 3. The molecule has 1 heterocycles. The average Bonchev–Trinajstić information content (AvgIpc) is 2.56. The van der Waals surface area contributed by atoms with E-state index in [1.807, 2.05) is 6.92 Å². The van der Waals surface area contributed by atoms with Gasteiger partial charge in [0.2, 0.25) is 11.8 Å². The second-order valence-electron chi connectivity index (χ2n) is 5.86. The second kappa shape index (κ2) is 9.33. The molecule has 0 spiro atoms. The summed E-state index contributed by atoms with van der Waals surface area (Å²) in [4.78, 5) is 35.3. The molecule has 0 aliphatic carbocycles. The van der Waals surface area contributed by atoms with Gasteiger partial charge in [0, 0.05) is 13.1 Å². The van der Waals surface area contributed by atoms with Crippen molar-refractivity contribution in [2.75, 3.05) is 13.1 Å². The second-order valence-corrected chi connectivity index (χ2v) is 5.86. The fourth-order valence-corrected chi connectivity index (χ4v) is 2.78. The van der Waals surface area contributed by atoms with Crippen LogP contribution in [0, 0.1) is 5.82 Å². The lowest BCUT2D eigenvalue weighted by Gasteiger charge is -2.39. The molecule has 150 valence electrons. The number of rotatable bonds is 4. The zero-order valence-electron chi connectivity index (χ0n) is 14.8. The lowest BCUT2D eigenvalue weighted by Crippen LogP contribution is -2.58. The predicted octanol–water partition coefficient (Wildman–Crippen LogP) is 2.51. The largest absolute Gasteiger partial charge is 0.483 e. The minimum atomic E-state index is -4.66. The molecular weight excluding hydrogens is 372 g/mol. The summed E-state index contributed by atoms with van der Waals surface area (Å²) in [6.45, 7) is 2.86. The number of hydrogen-bond acceptors (Lipinski definition) is 3. The van der Waals surface area contributed by atoms with Crippen molar-refractivity contribution in [3.63, 3.8) is 0 Å². The van der Waals surface area contributed by atoms with Crippen molar-refractivity contribution in [3.8, 4) is 0 Å². The van der Waals surface area contributed by atoms with Gasteiger partial charge >= 0.3 is 6.18 Å². The van der Waals surface area contributed by atoms with Crippen LogP contribution in [0.15, 0.2) is 18.2 Å². The molecule has 2 amide bonds. The Labute approximate surface area is 153 Å². The molecule has 27 heavy (non-hydrogen) atoms.